The summed E-state index contributed by atoms with van der Waals surface area (Å²) >= 11 is 0. The molecule has 2 atom stereocenters. The summed E-state index contributed by atoms with van der Waals surface area (Å²) in [5, 5.41) is 3.68. The van der Waals surface area contributed by atoms with E-state index < -0.39 is 0 Å². The number of rotatable bonds is 5. The van der Waals surface area contributed by atoms with Gasteiger partial charge < -0.3 is 10.2 Å². The van der Waals surface area contributed by atoms with E-state index in [0.717, 1.165) is 18.5 Å². The Morgan fingerprint density at radius 1 is 1.27 bits per heavy atom. The molecule has 0 saturated heterocycles. The van der Waals surface area contributed by atoms with E-state index >= 15 is 0 Å². The zero-order chi connectivity index (χ0) is 11.6. The summed E-state index contributed by atoms with van der Waals surface area (Å²) in [5.74, 6) is 0.944. The van der Waals surface area contributed by atoms with Crippen molar-refractivity contribution >= 4 is 0 Å². The lowest BCUT2D eigenvalue weighted by molar-refractivity contribution is 0.219. The van der Waals surface area contributed by atoms with Crippen LogP contribution in [0.2, 0.25) is 0 Å². The minimum atomic E-state index is 0.362. The van der Waals surface area contributed by atoms with Crippen molar-refractivity contribution in [1.29, 1.82) is 0 Å². The van der Waals surface area contributed by atoms with Gasteiger partial charge in [0.2, 0.25) is 0 Å². The van der Waals surface area contributed by atoms with Gasteiger partial charge in [-0.2, -0.15) is 0 Å². The summed E-state index contributed by atoms with van der Waals surface area (Å²) in [6, 6.07) is 1.31. The van der Waals surface area contributed by atoms with Crippen LogP contribution in [0.15, 0.2) is 0 Å². The van der Waals surface area contributed by atoms with E-state index in [0.29, 0.717) is 11.5 Å². The van der Waals surface area contributed by atoms with Crippen molar-refractivity contribution in [2.45, 2.75) is 52.6 Å². The fraction of sp³-hybridized carbons (Fsp3) is 1.00. The summed E-state index contributed by atoms with van der Waals surface area (Å²) in [6.45, 7) is 10.3. The predicted molar refractivity (Wildman–Crippen MR) is 67.1 cm³/mol. The molecule has 1 fully saturated rings. The zero-order valence-electron chi connectivity index (χ0n) is 11.3. The second-order valence-corrected chi connectivity index (χ2v) is 6.36. The minimum absolute atomic E-state index is 0.362. The van der Waals surface area contributed by atoms with Gasteiger partial charge in [-0.1, -0.05) is 20.8 Å². The van der Waals surface area contributed by atoms with Crippen molar-refractivity contribution in [1.82, 2.24) is 10.2 Å². The van der Waals surface area contributed by atoms with Gasteiger partial charge in [0.1, 0.15) is 0 Å². The molecule has 0 aromatic carbocycles. The van der Waals surface area contributed by atoms with Gasteiger partial charge in [-0.05, 0) is 45.2 Å². The van der Waals surface area contributed by atoms with Crippen LogP contribution in [-0.4, -0.2) is 37.6 Å². The summed E-state index contributed by atoms with van der Waals surface area (Å²) < 4.78 is 0. The zero-order valence-corrected chi connectivity index (χ0v) is 11.3. The number of hydrogen-bond acceptors (Lipinski definition) is 2. The molecule has 2 heteroatoms. The number of likely N-dealkylation sites (N-methyl/N-ethyl adjacent to an activating group) is 1. The molecular formula is C13H28N2. The molecule has 2 nitrogen and oxygen atoms in total. The molecule has 0 aliphatic heterocycles. The van der Waals surface area contributed by atoms with Crippen LogP contribution in [0.1, 0.15) is 40.5 Å². The van der Waals surface area contributed by atoms with E-state index in [2.05, 4.69) is 52.0 Å². The third-order valence-corrected chi connectivity index (χ3v) is 3.76. The van der Waals surface area contributed by atoms with E-state index in [4.69, 9.17) is 0 Å². The van der Waals surface area contributed by atoms with Crippen LogP contribution in [0, 0.1) is 11.3 Å². The Kier molecular flexibility index (Phi) is 4.19. The molecule has 1 aliphatic carbocycles. The normalized spacial score (nSPS) is 21.8. The third kappa shape index (κ3) is 4.12. The van der Waals surface area contributed by atoms with Crippen molar-refractivity contribution in [2.24, 2.45) is 11.3 Å². The molecule has 0 bridgehead atoms. The Morgan fingerprint density at radius 2 is 1.80 bits per heavy atom. The topological polar surface area (TPSA) is 15.3 Å². The molecule has 0 radical (unpaired) electrons. The summed E-state index contributed by atoms with van der Waals surface area (Å²) in [7, 11) is 4.40. The molecule has 0 aromatic rings. The molecule has 1 rings (SSSR count). The minimum Gasteiger partial charge on any atom is -0.312 e. The van der Waals surface area contributed by atoms with Gasteiger partial charge in [0, 0.05) is 18.6 Å². The molecule has 15 heavy (non-hydrogen) atoms. The fourth-order valence-electron chi connectivity index (χ4n) is 1.86. The highest BCUT2D eigenvalue weighted by Gasteiger charge is 2.33. The molecular weight excluding hydrogens is 184 g/mol. The third-order valence-electron chi connectivity index (χ3n) is 3.76. The smallest absolute Gasteiger partial charge is 0.0242 e. The monoisotopic (exact) mass is 212 g/mol. The number of nitrogens with zero attached hydrogens (tertiary/aromatic N) is 1. The lowest BCUT2D eigenvalue weighted by Gasteiger charge is -2.32. The maximum absolute atomic E-state index is 3.68. The first-order chi connectivity index (χ1) is 6.82. The summed E-state index contributed by atoms with van der Waals surface area (Å²) in [4.78, 5) is 2.38. The van der Waals surface area contributed by atoms with Crippen molar-refractivity contribution in [3.63, 3.8) is 0 Å². The van der Waals surface area contributed by atoms with Gasteiger partial charge in [-0.25, -0.2) is 0 Å². The molecule has 0 unspecified atom stereocenters. The Hall–Kier alpha value is -0.0800. The van der Waals surface area contributed by atoms with Crippen LogP contribution in [0.25, 0.3) is 0 Å². The van der Waals surface area contributed by atoms with Crippen molar-refractivity contribution in [3.8, 4) is 0 Å². The molecule has 90 valence electrons. The van der Waals surface area contributed by atoms with Crippen LogP contribution in [0.4, 0.5) is 0 Å². The van der Waals surface area contributed by atoms with E-state index in [1.54, 1.807) is 0 Å². The van der Waals surface area contributed by atoms with E-state index in [1.807, 2.05) is 0 Å². The lowest BCUT2D eigenvalue weighted by atomic mass is 9.88. The Morgan fingerprint density at radius 3 is 2.13 bits per heavy atom. The molecule has 0 spiro atoms. The molecule has 0 heterocycles. The van der Waals surface area contributed by atoms with Gasteiger partial charge in [0.05, 0.1) is 0 Å². The molecule has 1 saturated carbocycles. The Bertz CT molecular complexity index is 187. The average Bonchev–Trinajstić information content (AvgIpc) is 2.85. The van der Waals surface area contributed by atoms with Gasteiger partial charge in [-0.3, -0.25) is 0 Å². The van der Waals surface area contributed by atoms with E-state index in [9.17, 15) is 0 Å². The Labute approximate surface area is 95.4 Å². The standard InChI is InChI=1S/C13H28N2/c1-10(13(2,3)4)14-9-12(15(5)6)11-7-8-11/h10-12,14H,7-9H2,1-6H3/t10-,12-/m1/s1. The maximum atomic E-state index is 3.68. The fourth-order valence-corrected chi connectivity index (χ4v) is 1.86. The maximum Gasteiger partial charge on any atom is 0.0242 e. The SMILES string of the molecule is C[C@@H](NC[C@H](C1CC1)N(C)C)C(C)(C)C. The number of hydrogen-bond donors (Lipinski definition) is 1. The van der Waals surface area contributed by atoms with Crippen molar-refractivity contribution < 1.29 is 0 Å². The largest absolute Gasteiger partial charge is 0.312 e. The van der Waals surface area contributed by atoms with E-state index in [-0.39, 0.29) is 0 Å². The van der Waals surface area contributed by atoms with Gasteiger partial charge >= 0.3 is 0 Å². The van der Waals surface area contributed by atoms with Crippen molar-refractivity contribution in [2.75, 3.05) is 20.6 Å². The second kappa shape index (κ2) is 4.84. The van der Waals surface area contributed by atoms with Crippen LogP contribution >= 0.6 is 0 Å². The first kappa shape index (κ1) is 13.0. The Balaban J connectivity index is 2.33. The molecule has 0 amide bonds. The van der Waals surface area contributed by atoms with E-state index in [1.165, 1.54) is 12.8 Å². The first-order valence-electron chi connectivity index (χ1n) is 6.22. The second-order valence-electron chi connectivity index (χ2n) is 6.36. The summed E-state index contributed by atoms with van der Waals surface area (Å²) in [6.07, 6.45) is 2.85. The molecule has 1 aliphatic rings. The average molecular weight is 212 g/mol. The summed E-state index contributed by atoms with van der Waals surface area (Å²) in [5.41, 5.74) is 0.362. The van der Waals surface area contributed by atoms with Gasteiger partial charge in [0.15, 0.2) is 0 Å². The number of nitrogens with one attached hydrogen (secondary N) is 1. The van der Waals surface area contributed by atoms with Crippen LogP contribution in [0.5, 0.6) is 0 Å². The van der Waals surface area contributed by atoms with Crippen molar-refractivity contribution in [3.05, 3.63) is 0 Å². The van der Waals surface area contributed by atoms with Crippen LogP contribution < -0.4 is 5.32 Å². The lowest BCUT2D eigenvalue weighted by Crippen LogP contribution is -2.46. The van der Waals surface area contributed by atoms with Crippen LogP contribution in [0.3, 0.4) is 0 Å². The highest BCUT2D eigenvalue weighted by molar-refractivity contribution is 4.89. The van der Waals surface area contributed by atoms with Gasteiger partial charge in [-0.15, -0.1) is 0 Å². The highest BCUT2D eigenvalue weighted by atomic mass is 15.1. The molecule has 1 N–H and O–H groups in total. The van der Waals surface area contributed by atoms with Gasteiger partial charge in [0.25, 0.3) is 0 Å². The van der Waals surface area contributed by atoms with Crippen LogP contribution in [-0.2, 0) is 0 Å². The first-order valence-corrected chi connectivity index (χ1v) is 6.22. The highest BCUT2D eigenvalue weighted by Crippen LogP contribution is 2.34. The predicted octanol–water partition coefficient (Wildman–Crippen LogP) is 2.35. The molecule has 0 aromatic heterocycles. The quantitative estimate of drug-likeness (QED) is 0.752.